The summed E-state index contributed by atoms with van der Waals surface area (Å²) in [6.45, 7) is 4.46. The normalized spacial score (nSPS) is 14.2. The van der Waals surface area contributed by atoms with Gasteiger partial charge in [0.25, 0.3) is 5.91 Å². The van der Waals surface area contributed by atoms with Gasteiger partial charge in [0.05, 0.1) is 28.1 Å². The molecule has 36 heavy (non-hydrogen) atoms. The number of benzene rings is 3. The van der Waals surface area contributed by atoms with E-state index in [9.17, 15) is 9.59 Å². The van der Waals surface area contributed by atoms with Crippen LogP contribution < -0.4 is 15.0 Å². The van der Waals surface area contributed by atoms with Crippen molar-refractivity contribution in [2.45, 2.75) is 13.8 Å². The first-order chi connectivity index (χ1) is 17.3. The standard InChI is InChI=1S/C27H23Cl2N3O3S/c1-3-35-21-11-7-19(8-12-21)30-25(33)16-36-27-31-24(15-18-6-13-22(28)23(29)14-18)26(34)32(27)20-9-4-17(2)5-10-20/h4-15H,3,16H2,1-2H3,(H,30,33). The zero-order valence-corrected chi connectivity index (χ0v) is 22.0. The summed E-state index contributed by atoms with van der Waals surface area (Å²) in [4.78, 5) is 32.0. The van der Waals surface area contributed by atoms with Gasteiger partial charge in [-0.15, -0.1) is 0 Å². The Hall–Kier alpha value is -3.26. The van der Waals surface area contributed by atoms with Gasteiger partial charge >= 0.3 is 0 Å². The van der Waals surface area contributed by atoms with Crippen LogP contribution in [-0.4, -0.2) is 29.3 Å². The lowest BCUT2D eigenvalue weighted by molar-refractivity contribution is -0.114. The minimum Gasteiger partial charge on any atom is -0.494 e. The fourth-order valence-electron chi connectivity index (χ4n) is 3.40. The van der Waals surface area contributed by atoms with E-state index in [2.05, 4.69) is 10.3 Å². The molecule has 2 amide bonds. The minimum atomic E-state index is -0.292. The van der Waals surface area contributed by atoms with E-state index in [4.69, 9.17) is 27.9 Å². The maximum absolute atomic E-state index is 13.3. The van der Waals surface area contributed by atoms with Gasteiger partial charge in [0, 0.05) is 5.69 Å². The van der Waals surface area contributed by atoms with Crippen molar-refractivity contribution >= 4 is 69.4 Å². The van der Waals surface area contributed by atoms with Crippen LogP contribution in [0.3, 0.4) is 0 Å². The Morgan fingerprint density at radius 2 is 1.78 bits per heavy atom. The molecule has 1 N–H and O–H groups in total. The lowest BCUT2D eigenvalue weighted by Gasteiger charge is -2.18. The van der Waals surface area contributed by atoms with Gasteiger partial charge in [-0.2, -0.15) is 0 Å². The second-order valence-electron chi connectivity index (χ2n) is 7.87. The summed E-state index contributed by atoms with van der Waals surface area (Å²) in [6, 6.07) is 19.8. The molecule has 0 bridgehead atoms. The molecule has 3 aromatic rings. The average Bonchev–Trinajstić information content (AvgIpc) is 3.17. The van der Waals surface area contributed by atoms with Crippen LogP contribution in [0.1, 0.15) is 18.1 Å². The number of ether oxygens (including phenoxy) is 1. The number of amidine groups is 1. The number of hydrogen-bond acceptors (Lipinski definition) is 5. The van der Waals surface area contributed by atoms with Crippen LogP contribution in [0.5, 0.6) is 5.75 Å². The SMILES string of the molecule is CCOc1ccc(NC(=O)CSC2=NC(=Cc3ccc(Cl)c(Cl)c3)C(=O)N2c2ccc(C)cc2)cc1. The number of hydrogen-bond donors (Lipinski definition) is 1. The fraction of sp³-hybridized carbons (Fsp3) is 0.148. The summed E-state index contributed by atoms with van der Waals surface area (Å²) in [6.07, 6.45) is 1.65. The zero-order valence-electron chi connectivity index (χ0n) is 19.6. The van der Waals surface area contributed by atoms with Crippen molar-refractivity contribution in [1.82, 2.24) is 0 Å². The number of thioether (sulfide) groups is 1. The largest absolute Gasteiger partial charge is 0.494 e. The first-order valence-corrected chi connectivity index (χ1v) is 12.9. The van der Waals surface area contributed by atoms with Crippen LogP contribution >= 0.6 is 35.0 Å². The van der Waals surface area contributed by atoms with Crippen molar-refractivity contribution in [3.05, 3.63) is 93.6 Å². The molecule has 6 nitrogen and oxygen atoms in total. The predicted molar refractivity (Wildman–Crippen MR) is 149 cm³/mol. The van der Waals surface area contributed by atoms with Crippen LogP contribution in [0, 0.1) is 6.92 Å². The monoisotopic (exact) mass is 539 g/mol. The molecule has 0 spiro atoms. The van der Waals surface area contributed by atoms with E-state index in [0.717, 1.165) is 11.3 Å². The molecule has 9 heteroatoms. The van der Waals surface area contributed by atoms with E-state index < -0.39 is 0 Å². The van der Waals surface area contributed by atoms with E-state index in [1.807, 2.05) is 38.1 Å². The number of aryl methyl sites for hydroxylation is 1. The molecule has 4 rings (SSSR count). The smallest absolute Gasteiger partial charge is 0.283 e. The van der Waals surface area contributed by atoms with Crippen LogP contribution in [0.15, 0.2) is 77.4 Å². The molecule has 1 aliphatic rings. The maximum Gasteiger partial charge on any atom is 0.283 e. The molecule has 1 heterocycles. The second kappa shape index (κ2) is 11.6. The third-order valence-electron chi connectivity index (χ3n) is 5.15. The highest BCUT2D eigenvalue weighted by molar-refractivity contribution is 8.14. The lowest BCUT2D eigenvalue weighted by atomic mass is 10.2. The molecule has 0 atom stereocenters. The maximum atomic E-state index is 13.3. The third kappa shape index (κ3) is 6.29. The number of aliphatic imine (C=N–C) groups is 1. The van der Waals surface area contributed by atoms with Crippen molar-refractivity contribution < 1.29 is 14.3 Å². The van der Waals surface area contributed by atoms with E-state index in [1.165, 1.54) is 16.7 Å². The van der Waals surface area contributed by atoms with Crippen molar-refractivity contribution in [2.24, 2.45) is 4.99 Å². The zero-order chi connectivity index (χ0) is 25.7. The Morgan fingerprint density at radius 3 is 2.44 bits per heavy atom. The van der Waals surface area contributed by atoms with Crippen molar-refractivity contribution in [3.8, 4) is 5.75 Å². The number of amides is 2. The summed E-state index contributed by atoms with van der Waals surface area (Å²) in [7, 11) is 0. The van der Waals surface area contributed by atoms with Gasteiger partial charge in [0.1, 0.15) is 11.4 Å². The Bertz CT molecular complexity index is 1340. The molecular weight excluding hydrogens is 517 g/mol. The second-order valence-corrected chi connectivity index (χ2v) is 9.62. The van der Waals surface area contributed by atoms with Crippen LogP contribution in [0.2, 0.25) is 10.0 Å². The molecule has 1 aliphatic heterocycles. The number of nitrogens with zero attached hydrogens (tertiary/aromatic N) is 2. The third-order valence-corrected chi connectivity index (χ3v) is 6.83. The van der Waals surface area contributed by atoms with E-state index >= 15 is 0 Å². The number of nitrogens with one attached hydrogen (secondary N) is 1. The van der Waals surface area contributed by atoms with Crippen LogP contribution in [0.4, 0.5) is 11.4 Å². The number of anilines is 2. The first-order valence-electron chi connectivity index (χ1n) is 11.2. The van der Waals surface area contributed by atoms with Gasteiger partial charge in [-0.1, -0.05) is 58.7 Å². The Balaban J connectivity index is 1.53. The Kier molecular flexibility index (Phi) is 8.36. The van der Waals surface area contributed by atoms with Crippen molar-refractivity contribution in [2.75, 3.05) is 22.6 Å². The summed E-state index contributed by atoms with van der Waals surface area (Å²) < 4.78 is 5.43. The number of halogens is 2. The first kappa shape index (κ1) is 25.8. The van der Waals surface area contributed by atoms with Gasteiger partial charge in [0.15, 0.2) is 5.17 Å². The number of rotatable bonds is 7. The van der Waals surface area contributed by atoms with Gasteiger partial charge in [-0.3, -0.25) is 14.5 Å². The van der Waals surface area contributed by atoms with E-state index in [0.29, 0.717) is 38.8 Å². The summed E-state index contributed by atoms with van der Waals surface area (Å²) in [5.74, 6) is 0.296. The molecule has 3 aromatic carbocycles. The predicted octanol–water partition coefficient (Wildman–Crippen LogP) is 6.82. The molecule has 0 saturated heterocycles. The van der Waals surface area contributed by atoms with E-state index in [-0.39, 0.29) is 23.3 Å². The van der Waals surface area contributed by atoms with Crippen LogP contribution in [0.25, 0.3) is 6.08 Å². The molecule has 0 aromatic heterocycles. The van der Waals surface area contributed by atoms with Gasteiger partial charge < -0.3 is 10.1 Å². The molecule has 0 saturated carbocycles. The van der Waals surface area contributed by atoms with Gasteiger partial charge in [0.2, 0.25) is 5.91 Å². The highest BCUT2D eigenvalue weighted by Gasteiger charge is 2.32. The Labute approximate surface area is 224 Å². The number of carbonyl (C=O) groups excluding carboxylic acids is 2. The summed E-state index contributed by atoms with van der Waals surface area (Å²) in [5, 5.41) is 4.08. The topological polar surface area (TPSA) is 71.0 Å². The molecule has 0 radical (unpaired) electrons. The average molecular weight is 540 g/mol. The molecule has 0 aliphatic carbocycles. The molecular formula is C27H23Cl2N3O3S. The Morgan fingerprint density at radius 1 is 1.06 bits per heavy atom. The fourth-order valence-corrected chi connectivity index (χ4v) is 4.52. The molecule has 184 valence electrons. The summed E-state index contributed by atoms with van der Waals surface area (Å²) in [5.41, 5.74) is 3.33. The molecule has 0 unspecified atom stereocenters. The minimum absolute atomic E-state index is 0.0712. The highest BCUT2D eigenvalue weighted by Crippen LogP contribution is 2.31. The molecule has 0 fully saturated rings. The highest BCUT2D eigenvalue weighted by atomic mass is 35.5. The van der Waals surface area contributed by atoms with Crippen molar-refractivity contribution in [1.29, 1.82) is 0 Å². The van der Waals surface area contributed by atoms with Crippen molar-refractivity contribution in [3.63, 3.8) is 0 Å². The van der Waals surface area contributed by atoms with Gasteiger partial charge in [-0.25, -0.2) is 4.99 Å². The summed E-state index contributed by atoms with van der Waals surface area (Å²) >= 11 is 13.3. The number of carbonyl (C=O) groups is 2. The van der Waals surface area contributed by atoms with Gasteiger partial charge in [-0.05, 0) is 74.0 Å². The quantitative estimate of drug-likeness (QED) is 0.334. The van der Waals surface area contributed by atoms with Crippen LogP contribution in [-0.2, 0) is 9.59 Å². The van der Waals surface area contributed by atoms with E-state index in [1.54, 1.807) is 48.5 Å². The lowest BCUT2D eigenvalue weighted by Crippen LogP contribution is -2.31.